The number of nitrogens with one attached hydrogen (secondary N) is 1. The van der Waals surface area contributed by atoms with Gasteiger partial charge in [0.1, 0.15) is 6.04 Å². The Balaban J connectivity index is 1.85. The second-order valence-corrected chi connectivity index (χ2v) is 12.8. The topological polar surface area (TPSA) is 86.8 Å². The standard InChI is InChI=1S/C30H35Cl2N3O4S/c1-22(2)33-30(37)28(19-23-11-6-4-7-12-23)35(21-24-16-17-25(31)20-27(24)32)29(36)15-10-18-34(3)40(38,39)26-13-8-5-9-14-26/h4-9,11-14,16-17,20,22,28H,10,15,18-19,21H2,1-3H3,(H,33,37)/t28-/m0/s1. The summed E-state index contributed by atoms with van der Waals surface area (Å²) in [6.07, 6.45) is 0.620. The molecule has 0 bridgehead atoms. The molecular weight excluding hydrogens is 569 g/mol. The van der Waals surface area contributed by atoms with Gasteiger partial charge in [-0.05, 0) is 55.7 Å². The molecule has 214 valence electrons. The van der Waals surface area contributed by atoms with E-state index in [1.54, 1.807) is 36.4 Å². The molecule has 0 aliphatic carbocycles. The minimum atomic E-state index is -3.69. The maximum Gasteiger partial charge on any atom is 0.243 e. The Bertz CT molecular complexity index is 1390. The van der Waals surface area contributed by atoms with Gasteiger partial charge in [0.25, 0.3) is 0 Å². The maximum absolute atomic E-state index is 13.8. The molecule has 7 nitrogen and oxygen atoms in total. The van der Waals surface area contributed by atoms with Crippen LogP contribution in [0.1, 0.15) is 37.8 Å². The Hall–Kier alpha value is -2.91. The molecule has 0 aromatic heterocycles. The molecule has 0 unspecified atom stereocenters. The van der Waals surface area contributed by atoms with Gasteiger partial charge in [0.2, 0.25) is 21.8 Å². The minimum Gasteiger partial charge on any atom is -0.352 e. The van der Waals surface area contributed by atoms with Crippen LogP contribution in [0, 0.1) is 0 Å². The van der Waals surface area contributed by atoms with E-state index in [0.29, 0.717) is 22.0 Å². The Morgan fingerprint density at radius 2 is 1.55 bits per heavy atom. The number of hydrogen-bond donors (Lipinski definition) is 1. The fourth-order valence-corrected chi connectivity index (χ4v) is 5.96. The smallest absolute Gasteiger partial charge is 0.243 e. The van der Waals surface area contributed by atoms with Gasteiger partial charge < -0.3 is 10.2 Å². The van der Waals surface area contributed by atoms with Gasteiger partial charge in [-0.2, -0.15) is 0 Å². The number of carbonyl (C=O) groups is 2. The highest BCUT2D eigenvalue weighted by Crippen LogP contribution is 2.25. The molecule has 0 aliphatic heterocycles. The third-order valence-electron chi connectivity index (χ3n) is 6.37. The van der Waals surface area contributed by atoms with Crippen LogP contribution >= 0.6 is 23.2 Å². The number of amides is 2. The average Bonchev–Trinajstić information content (AvgIpc) is 2.92. The zero-order chi connectivity index (χ0) is 29.3. The molecule has 3 aromatic carbocycles. The molecular formula is C30H35Cl2N3O4S. The maximum atomic E-state index is 13.8. The predicted octanol–water partition coefficient (Wildman–Crippen LogP) is 5.56. The van der Waals surface area contributed by atoms with Crippen LogP contribution in [0.25, 0.3) is 0 Å². The fourth-order valence-electron chi connectivity index (χ4n) is 4.26. The van der Waals surface area contributed by atoms with E-state index in [2.05, 4.69) is 5.32 Å². The van der Waals surface area contributed by atoms with Crippen LogP contribution in [0.2, 0.25) is 10.0 Å². The van der Waals surface area contributed by atoms with Gasteiger partial charge in [0.05, 0.1) is 4.90 Å². The molecule has 2 amide bonds. The second kappa shape index (κ2) is 14.6. The summed E-state index contributed by atoms with van der Waals surface area (Å²) in [5, 5.41) is 3.80. The van der Waals surface area contributed by atoms with E-state index in [1.165, 1.54) is 28.4 Å². The normalized spacial score (nSPS) is 12.4. The highest BCUT2D eigenvalue weighted by Gasteiger charge is 2.31. The molecule has 0 spiro atoms. The number of nitrogens with zero attached hydrogens (tertiary/aromatic N) is 2. The SMILES string of the molecule is CC(C)NC(=O)[C@H](Cc1ccccc1)N(Cc1ccc(Cl)cc1Cl)C(=O)CCCN(C)S(=O)(=O)c1ccccc1. The van der Waals surface area contributed by atoms with E-state index < -0.39 is 16.1 Å². The van der Waals surface area contributed by atoms with E-state index in [0.717, 1.165) is 5.56 Å². The number of benzene rings is 3. The van der Waals surface area contributed by atoms with Crippen molar-refractivity contribution in [1.82, 2.24) is 14.5 Å². The Morgan fingerprint density at radius 1 is 0.925 bits per heavy atom. The van der Waals surface area contributed by atoms with Crippen molar-refractivity contribution in [1.29, 1.82) is 0 Å². The molecule has 0 aliphatic rings. The van der Waals surface area contributed by atoms with E-state index in [1.807, 2.05) is 44.2 Å². The monoisotopic (exact) mass is 603 g/mol. The van der Waals surface area contributed by atoms with Gasteiger partial charge in [0, 0.05) is 49.1 Å². The van der Waals surface area contributed by atoms with E-state index in [4.69, 9.17) is 23.2 Å². The number of carbonyl (C=O) groups excluding carboxylic acids is 2. The van der Waals surface area contributed by atoms with Crippen LogP contribution in [0.3, 0.4) is 0 Å². The summed E-state index contributed by atoms with van der Waals surface area (Å²) in [6.45, 7) is 3.96. The Morgan fingerprint density at radius 3 is 2.15 bits per heavy atom. The van der Waals surface area contributed by atoms with E-state index in [-0.39, 0.29) is 48.7 Å². The van der Waals surface area contributed by atoms with Crippen LogP contribution < -0.4 is 5.32 Å². The first kappa shape index (κ1) is 31.6. The summed E-state index contributed by atoms with van der Waals surface area (Å²) < 4.78 is 27.0. The van der Waals surface area contributed by atoms with Gasteiger partial charge in [-0.3, -0.25) is 9.59 Å². The number of sulfonamides is 1. The molecule has 0 saturated carbocycles. The quantitative estimate of drug-likeness (QED) is 0.277. The summed E-state index contributed by atoms with van der Waals surface area (Å²) in [5.41, 5.74) is 1.55. The molecule has 40 heavy (non-hydrogen) atoms. The lowest BCUT2D eigenvalue weighted by molar-refractivity contribution is -0.141. The van der Waals surface area contributed by atoms with Crippen molar-refractivity contribution in [2.75, 3.05) is 13.6 Å². The van der Waals surface area contributed by atoms with E-state index >= 15 is 0 Å². The van der Waals surface area contributed by atoms with E-state index in [9.17, 15) is 18.0 Å². The Labute approximate surface area is 247 Å². The van der Waals surface area contributed by atoms with Crippen LogP contribution in [-0.4, -0.2) is 55.1 Å². The predicted molar refractivity (Wildman–Crippen MR) is 160 cm³/mol. The van der Waals surface area contributed by atoms with Crippen molar-refractivity contribution in [3.63, 3.8) is 0 Å². The number of hydrogen-bond acceptors (Lipinski definition) is 4. The zero-order valence-corrected chi connectivity index (χ0v) is 25.2. The highest BCUT2D eigenvalue weighted by molar-refractivity contribution is 7.89. The average molecular weight is 605 g/mol. The Kier molecular flexibility index (Phi) is 11.6. The summed E-state index contributed by atoms with van der Waals surface area (Å²) >= 11 is 12.6. The molecule has 0 saturated heterocycles. The third-order valence-corrected chi connectivity index (χ3v) is 8.83. The minimum absolute atomic E-state index is 0.0418. The summed E-state index contributed by atoms with van der Waals surface area (Å²) in [6, 6.07) is 21.7. The first-order chi connectivity index (χ1) is 19.0. The number of rotatable bonds is 13. The third kappa shape index (κ3) is 8.80. The molecule has 0 fully saturated rings. The van der Waals surface area contributed by atoms with Crippen LogP contribution in [0.15, 0.2) is 83.8 Å². The number of halogens is 2. The molecule has 0 heterocycles. The van der Waals surface area contributed by atoms with Crippen molar-refractivity contribution < 1.29 is 18.0 Å². The molecule has 1 N–H and O–H groups in total. The lowest BCUT2D eigenvalue weighted by Gasteiger charge is -2.32. The molecule has 3 rings (SSSR count). The van der Waals surface area contributed by atoms with Crippen LogP contribution in [0.5, 0.6) is 0 Å². The summed E-state index contributed by atoms with van der Waals surface area (Å²) in [7, 11) is -2.19. The van der Waals surface area contributed by atoms with Gasteiger partial charge in [-0.1, -0.05) is 77.8 Å². The van der Waals surface area contributed by atoms with Crippen LogP contribution in [0.4, 0.5) is 0 Å². The van der Waals surface area contributed by atoms with Gasteiger partial charge in [-0.25, -0.2) is 12.7 Å². The van der Waals surface area contributed by atoms with Gasteiger partial charge in [-0.15, -0.1) is 0 Å². The zero-order valence-electron chi connectivity index (χ0n) is 22.9. The fraction of sp³-hybridized carbons (Fsp3) is 0.333. The highest BCUT2D eigenvalue weighted by atomic mass is 35.5. The van der Waals surface area contributed by atoms with Crippen molar-refractivity contribution in [3.8, 4) is 0 Å². The molecule has 0 radical (unpaired) electrons. The largest absolute Gasteiger partial charge is 0.352 e. The second-order valence-electron chi connectivity index (χ2n) is 9.87. The van der Waals surface area contributed by atoms with Crippen molar-refractivity contribution in [2.24, 2.45) is 0 Å². The molecule has 3 aromatic rings. The van der Waals surface area contributed by atoms with Crippen molar-refractivity contribution in [3.05, 3.63) is 100 Å². The molecule has 10 heteroatoms. The first-order valence-electron chi connectivity index (χ1n) is 13.1. The van der Waals surface area contributed by atoms with Gasteiger partial charge in [0.15, 0.2) is 0 Å². The summed E-state index contributed by atoms with van der Waals surface area (Å²) in [5.74, 6) is -0.558. The van der Waals surface area contributed by atoms with Crippen LogP contribution in [-0.2, 0) is 32.6 Å². The summed E-state index contributed by atoms with van der Waals surface area (Å²) in [4.78, 5) is 28.9. The van der Waals surface area contributed by atoms with Crippen molar-refractivity contribution >= 4 is 45.0 Å². The van der Waals surface area contributed by atoms with Crippen molar-refractivity contribution in [2.45, 2.75) is 56.6 Å². The molecule has 1 atom stereocenters. The van der Waals surface area contributed by atoms with Gasteiger partial charge >= 0.3 is 0 Å². The lowest BCUT2D eigenvalue weighted by Crippen LogP contribution is -2.51. The lowest BCUT2D eigenvalue weighted by atomic mass is 10.0. The first-order valence-corrected chi connectivity index (χ1v) is 15.3.